The molecular weight excluding hydrogens is 376 g/mol. The van der Waals surface area contributed by atoms with Gasteiger partial charge in [0.05, 0.1) is 4.47 Å². The van der Waals surface area contributed by atoms with E-state index in [9.17, 15) is 4.79 Å². The zero-order valence-corrected chi connectivity index (χ0v) is 14.2. The van der Waals surface area contributed by atoms with E-state index in [2.05, 4.69) is 15.9 Å². The SMILES string of the molecule is O=C(/C=C/c1cc(Br)c2c(c1)OCO2)c1ccc2c(c1)OCCO2. The van der Waals surface area contributed by atoms with Gasteiger partial charge in [0.2, 0.25) is 6.79 Å². The van der Waals surface area contributed by atoms with Crippen LogP contribution in [0.2, 0.25) is 0 Å². The first-order valence-corrected chi connectivity index (χ1v) is 8.21. The van der Waals surface area contributed by atoms with E-state index in [1.165, 1.54) is 6.08 Å². The fraction of sp³-hybridized carbons (Fsp3) is 0.167. The maximum atomic E-state index is 12.4. The summed E-state index contributed by atoms with van der Waals surface area (Å²) < 4.78 is 22.5. The average molecular weight is 389 g/mol. The number of hydrogen-bond acceptors (Lipinski definition) is 5. The summed E-state index contributed by atoms with van der Waals surface area (Å²) in [5.41, 5.74) is 1.40. The Kier molecular flexibility index (Phi) is 3.90. The highest BCUT2D eigenvalue weighted by molar-refractivity contribution is 9.10. The molecule has 2 aromatic carbocycles. The van der Waals surface area contributed by atoms with E-state index in [1.54, 1.807) is 24.3 Å². The van der Waals surface area contributed by atoms with E-state index in [1.807, 2.05) is 12.1 Å². The zero-order chi connectivity index (χ0) is 16.5. The largest absolute Gasteiger partial charge is 0.486 e. The molecule has 4 rings (SSSR count). The number of fused-ring (bicyclic) bond motifs is 2. The molecule has 0 aromatic heterocycles. The van der Waals surface area contributed by atoms with Crippen LogP contribution in [0, 0.1) is 0 Å². The molecule has 0 atom stereocenters. The predicted octanol–water partition coefficient (Wildman–Crippen LogP) is 3.85. The zero-order valence-electron chi connectivity index (χ0n) is 12.6. The molecule has 0 spiro atoms. The number of ketones is 1. The van der Waals surface area contributed by atoms with Crippen molar-refractivity contribution in [2.75, 3.05) is 20.0 Å². The summed E-state index contributed by atoms with van der Waals surface area (Å²) in [6.45, 7) is 1.22. The number of carbonyl (C=O) groups excluding carboxylic acids is 1. The third kappa shape index (κ3) is 2.85. The minimum Gasteiger partial charge on any atom is -0.486 e. The van der Waals surface area contributed by atoms with Crippen LogP contribution in [0.1, 0.15) is 15.9 Å². The van der Waals surface area contributed by atoms with Crippen LogP contribution in [-0.4, -0.2) is 25.8 Å². The molecule has 0 amide bonds. The van der Waals surface area contributed by atoms with Crippen molar-refractivity contribution >= 4 is 27.8 Å². The monoisotopic (exact) mass is 388 g/mol. The predicted molar refractivity (Wildman–Crippen MR) is 91.1 cm³/mol. The van der Waals surface area contributed by atoms with Crippen molar-refractivity contribution in [1.29, 1.82) is 0 Å². The molecule has 0 bridgehead atoms. The molecular formula is C18H13BrO5. The molecule has 0 fully saturated rings. The second kappa shape index (κ2) is 6.20. The molecule has 2 aliphatic heterocycles. The normalized spacial score (nSPS) is 14.9. The molecule has 0 unspecified atom stereocenters. The first kappa shape index (κ1) is 15.1. The third-order valence-electron chi connectivity index (χ3n) is 3.70. The fourth-order valence-electron chi connectivity index (χ4n) is 2.55. The van der Waals surface area contributed by atoms with Crippen LogP contribution in [0.25, 0.3) is 6.08 Å². The van der Waals surface area contributed by atoms with Gasteiger partial charge in [-0.25, -0.2) is 0 Å². The van der Waals surface area contributed by atoms with E-state index in [0.29, 0.717) is 41.8 Å². The Morgan fingerprint density at radius 2 is 1.79 bits per heavy atom. The Morgan fingerprint density at radius 3 is 2.67 bits per heavy atom. The van der Waals surface area contributed by atoms with Crippen LogP contribution < -0.4 is 18.9 Å². The maximum Gasteiger partial charge on any atom is 0.231 e. The Labute approximate surface area is 146 Å². The topological polar surface area (TPSA) is 54.0 Å². The molecule has 2 aliphatic rings. The van der Waals surface area contributed by atoms with Gasteiger partial charge in [0.25, 0.3) is 0 Å². The smallest absolute Gasteiger partial charge is 0.231 e. The van der Waals surface area contributed by atoms with Gasteiger partial charge in [0, 0.05) is 5.56 Å². The van der Waals surface area contributed by atoms with Crippen LogP contribution in [0.3, 0.4) is 0 Å². The number of benzene rings is 2. The molecule has 0 saturated heterocycles. The first-order chi connectivity index (χ1) is 11.7. The number of hydrogen-bond donors (Lipinski definition) is 0. The second-order valence-corrected chi connectivity index (χ2v) is 6.15. The Hall–Kier alpha value is -2.47. The Balaban J connectivity index is 1.56. The number of halogens is 1. The third-order valence-corrected chi connectivity index (χ3v) is 4.29. The quantitative estimate of drug-likeness (QED) is 0.590. The molecule has 6 heteroatoms. The minimum atomic E-state index is -0.110. The standard InChI is InChI=1S/C18H13BrO5/c19-13-7-11(8-17-18(13)24-10-23-17)1-3-14(20)12-2-4-15-16(9-12)22-6-5-21-15/h1-4,7-9H,5-6,10H2/b3-1+. The fourth-order valence-corrected chi connectivity index (χ4v) is 3.12. The molecule has 24 heavy (non-hydrogen) atoms. The van der Waals surface area contributed by atoms with Gasteiger partial charge >= 0.3 is 0 Å². The summed E-state index contributed by atoms with van der Waals surface area (Å²) in [5.74, 6) is 2.51. The van der Waals surface area contributed by atoms with Gasteiger partial charge < -0.3 is 18.9 Å². The van der Waals surface area contributed by atoms with E-state index < -0.39 is 0 Å². The highest BCUT2D eigenvalue weighted by Crippen LogP contribution is 2.40. The Morgan fingerprint density at radius 1 is 0.958 bits per heavy atom. The lowest BCUT2D eigenvalue weighted by molar-refractivity contribution is 0.104. The molecule has 2 aromatic rings. The number of rotatable bonds is 3. The van der Waals surface area contributed by atoms with Crippen molar-refractivity contribution in [1.82, 2.24) is 0 Å². The van der Waals surface area contributed by atoms with Gasteiger partial charge in [-0.05, 0) is 57.9 Å². The summed E-state index contributed by atoms with van der Waals surface area (Å²) in [5, 5.41) is 0. The number of ether oxygens (including phenoxy) is 4. The van der Waals surface area contributed by atoms with Crippen LogP contribution in [0.4, 0.5) is 0 Å². The summed E-state index contributed by atoms with van der Waals surface area (Å²) in [4.78, 5) is 12.4. The van der Waals surface area contributed by atoms with Crippen LogP contribution >= 0.6 is 15.9 Å². The maximum absolute atomic E-state index is 12.4. The van der Waals surface area contributed by atoms with Crippen molar-refractivity contribution in [3.05, 3.63) is 52.0 Å². The second-order valence-electron chi connectivity index (χ2n) is 5.29. The molecule has 5 nitrogen and oxygen atoms in total. The molecule has 2 heterocycles. The van der Waals surface area contributed by atoms with Gasteiger partial charge in [-0.3, -0.25) is 4.79 Å². The van der Waals surface area contributed by atoms with E-state index >= 15 is 0 Å². The van der Waals surface area contributed by atoms with Crippen molar-refractivity contribution in [3.63, 3.8) is 0 Å². The molecule has 0 N–H and O–H groups in total. The molecule has 0 aliphatic carbocycles. The van der Waals surface area contributed by atoms with Crippen molar-refractivity contribution in [2.24, 2.45) is 0 Å². The van der Waals surface area contributed by atoms with Gasteiger partial charge in [0.1, 0.15) is 13.2 Å². The van der Waals surface area contributed by atoms with Gasteiger partial charge in [-0.15, -0.1) is 0 Å². The highest BCUT2D eigenvalue weighted by Gasteiger charge is 2.17. The molecule has 122 valence electrons. The van der Waals surface area contributed by atoms with E-state index in [-0.39, 0.29) is 12.6 Å². The molecule has 0 saturated carbocycles. The number of carbonyl (C=O) groups is 1. The summed E-state index contributed by atoms with van der Waals surface area (Å²) in [7, 11) is 0. The Bertz CT molecular complexity index is 844. The van der Waals surface area contributed by atoms with Gasteiger partial charge in [-0.1, -0.05) is 6.08 Å². The summed E-state index contributed by atoms with van der Waals surface area (Å²) >= 11 is 3.44. The van der Waals surface area contributed by atoms with Crippen molar-refractivity contribution in [2.45, 2.75) is 0 Å². The van der Waals surface area contributed by atoms with Crippen molar-refractivity contribution in [3.8, 4) is 23.0 Å². The summed E-state index contributed by atoms with van der Waals surface area (Å²) in [6.07, 6.45) is 3.27. The first-order valence-electron chi connectivity index (χ1n) is 7.42. The van der Waals surface area contributed by atoms with E-state index in [0.717, 1.165) is 10.0 Å². The lowest BCUT2D eigenvalue weighted by Crippen LogP contribution is -2.15. The number of allylic oxidation sites excluding steroid dienone is 1. The van der Waals surface area contributed by atoms with Crippen LogP contribution in [0.5, 0.6) is 23.0 Å². The van der Waals surface area contributed by atoms with Crippen molar-refractivity contribution < 1.29 is 23.7 Å². The average Bonchev–Trinajstić information content (AvgIpc) is 3.08. The summed E-state index contributed by atoms with van der Waals surface area (Å²) in [6, 6.07) is 8.90. The van der Waals surface area contributed by atoms with E-state index in [4.69, 9.17) is 18.9 Å². The van der Waals surface area contributed by atoms with Gasteiger partial charge in [0.15, 0.2) is 28.8 Å². The lowest BCUT2D eigenvalue weighted by atomic mass is 10.1. The lowest BCUT2D eigenvalue weighted by Gasteiger charge is -2.18. The minimum absolute atomic E-state index is 0.110. The highest BCUT2D eigenvalue weighted by atomic mass is 79.9. The van der Waals surface area contributed by atoms with Gasteiger partial charge in [-0.2, -0.15) is 0 Å². The van der Waals surface area contributed by atoms with Crippen LogP contribution in [0.15, 0.2) is 40.9 Å². The van der Waals surface area contributed by atoms with Crippen LogP contribution in [-0.2, 0) is 0 Å². The molecule has 0 radical (unpaired) electrons.